The Morgan fingerprint density at radius 1 is 1.36 bits per heavy atom. The Labute approximate surface area is 152 Å². The van der Waals surface area contributed by atoms with Gasteiger partial charge in [-0.3, -0.25) is 4.79 Å². The molecule has 1 aromatic carbocycles. The van der Waals surface area contributed by atoms with Gasteiger partial charge in [0.05, 0.1) is 0 Å². The summed E-state index contributed by atoms with van der Waals surface area (Å²) in [6, 6.07) is 9.48. The fourth-order valence-corrected chi connectivity index (χ4v) is 3.30. The van der Waals surface area contributed by atoms with E-state index in [0.717, 1.165) is 31.5 Å². The lowest BCUT2D eigenvalue weighted by Gasteiger charge is -2.37. The van der Waals surface area contributed by atoms with Crippen molar-refractivity contribution in [3.05, 3.63) is 56.6 Å². The van der Waals surface area contributed by atoms with Gasteiger partial charge in [0.2, 0.25) is 0 Å². The molecule has 1 N–H and O–H groups in total. The van der Waals surface area contributed by atoms with Crippen LogP contribution in [0.1, 0.15) is 43.6 Å². The molecule has 1 fully saturated rings. The summed E-state index contributed by atoms with van der Waals surface area (Å²) in [5, 5.41) is 10.0. The molecule has 0 spiro atoms. The van der Waals surface area contributed by atoms with Gasteiger partial charge in [-0.05, 0) is 36.0 Å². The van der Waals surface area contributed by atoms with Crippen LogP contribution in [0.4, 0.5) is 5.82 Å². The number of piperidine rings is 1. The Balaban J connectivity index is 1.93. The van der Waals surface area contributed by atoms with E-state index in [2.05, 4.69) is 28.7 Å². The highest BCUT2D eigenvalue weighted by atomic mass is 35.5. The van der Waals surface area contributed by atoms with Crippen LogP contribution in [0.2, 0.25) is 5.02 Å². The number of halogens is 1. The van der Waals surface area contributed by atoms with Crippen LogP contribution >= 0.6 is 11.6 Å². The molecule has 2 heterocycles. The van der Waals surface area contributed by atoms with Crippen molar-refractivity contribution in [1.82, 2.24) is 9.97 Å². The maximum Gasteiger partial charge on any atom is 0.271 e. The van der Waals surface area contributed by atoms with Gasteiger partial charge in [0.25, 0.3) is 5.56 Å². The molecule has 1 aliphatic rings. The molecular weight excluding hydrogens is 336 g/mol. The molecule has 1 aliphatic heterocycles. The number of aromatic nitrogens is 2. The number of hydrogen-bond acceptors (Lipinski definition) is 4. The average molecular weight is 357 g/mol. The molecule has 5 nitrogen and oxygen atoms in total. The number of hydrogen-bond donors (Lipinski definition) is 1. The number of anilines is 1. The largest absolute Gasteiger partial charge is 0.355 e. The van der Waals surface area contributed by atoms with Crippen molar-refractivity contribution in [2.45, 2.75) is 33.1 Å². The molecule has 25 heavy (non-hydrogen) atoms. The second-order valence-electron chi connectivity index (χ2n) is 7.28. The van der Waals surface area contributed by atoms with Gasteiger partial charge in [-0.25, -0.2) is 4.98 Å². The zero-order valence-electron chi connectivity index (χ0n) is 14.5. The Bertz CT molecular complexity index is 872. The average Bonchev–Trinajstić information content (AvgIpc) is 2.54. The number of rotatable bonds is 3. The molecule has 1 saturated heterocycles. The standard InChI is InChI=1S/C19H21ClN4O/c1-19(2)6-8-24(9-7-19)17-15(12-21)18(25)23-16(22-17)11-13-4-3-5-14(20)10-13/h3-5,10H,6-9,11H2,1-2H3,(H,22,23,25). The van der Waals surface area contributed by atoms with Crippen LogP contribution in [0, 0.1) is 16.7 Å². The van der Waals surface area contributed by atoms with Gasteiger partial charge in [-0.15, -0.1) is 0 Å². The van der Waals surface area contributed by atoms with E-state index in [9.17, 15) is 10.1 Å². The van der Waals surface area contributed by atoms with Crippen molar-refractivity contribution in [3.63, 3.8) is 0 Å². The van der Waals surface area contributed by atoms with E-state index in [4.69, 9.17) is 11.6 Å². The van der Waals surface area contributed by atoms with E-state index in [1.807, 2.05) is 24.3 Å². The molecule has 6 heteroatoms. The van der Waals surface area contributed by atoms with Crippen molar-refractivity contribution in [2.75, 3.05) is 18.0 Å². The van der Waals surface area contributed by atoms with Crippen LogP contribution in [-0.2, 0) is 6.42 Å². The second-order valence-corrected chi connectivity index (χ2v) is 7.72. The minimum Gasteiger partial charge on any atom is -0.355 e. The molecule has 0 amide bonds. The summed E-state index contributed by atoms with van der Waals surface area (Å²) in [7, 11) is 0. The van der Waals surface area contributed by atoms with Gasteiger partial charge in [-0.2, -0.15) is 5.26 Å². The highest BCUT2D eigenvalue weighted by Crippen LogP contribution is 2.32. The molecule has 0 radical (unpaired) electrons. The quantitative estimate of drug-likeness (QED) is 0.913. The van der Waals surface area contributed by atoms with Crippen molar-refractivity contribution in [3.8, 4) is 6.07 Å². The smallest absolute Gasteiger partial charge is 0.271 e. The van der Waals surface area contributed by atoms with Crippen molar-refractivity contribution < 1.29 is 0 Å². The number of nitrogens with one attached hydrogen (secondary N) is 1. The first-order chi connectivity index (χ1) is 11.9. The summed E-state index contributed by atoms with van der Waals surface area (Å²) in [5.74, 6) is 1.05. The first-order valence-electron chi connectivity index (χ1n) is 8.41. The molecular formula is C19H21ClN4O. The number of benzene rings is 1. The zero-order valence-corrected chi connectivity index (χ0v) is 15.2. The van der Waals surface area contributed by atoms with Crippen LogP contribution in [0.3, 0.4) is 0 Å². The third-order valence-corrected chi connectivity index (χ3v) is 4.97. The van der Waals surface area contributed by atoms with Gasteiger partial charge in [0.1, 0.15) is 11.9 Å². The lowest BCUT2D eigenvalue weighted by molar-refractivity contribution is 0.279. The van der Waals surface area contributed by atoms with Crippen LogP contribution in [-0.4, -0.2) is 23.1 Å². The monoisotopic (exact) mass is 356 g/mol. The lowest BCUT2D eigenvalue weighted by atomic mass is 9.82. The van der Waals surface area contributed by atoms with E-state index in [0.29, 0.717) is 23.1 Å². The van der Waals surface area contributed by atoms with Gasteiger partial charge in [0.15, 0.2) is 11.4 Å². The Morgan fingerprint density at radius 2 is 2.08 bits per heavy atom. The molecule has 2 aromatic rings. The number of nitrogens with zero attached hydrogens (tertiary/aromatic N) is 3. The van der Waals surface area contributed by atoms with Gasteiger partial charge < -0.3 is 9.88 Å². The molecule has 0 unspecified atom stereocenters. The fraction of sp³-hybridized carbons (Fsp3) is 0.421. The Kier molecular flexibility index (Phi) is 4.82. The molecule has 130 valence electrons. The van der Waals surface area contributed by atoms with Crippen LogP contribution in [0.5, 0.6) is 0 Å². The highest BCUT2D eigenvalue weighted by Gasteiger charge is 2.28. The van der Waals surface area contributed by atoms with E-state index in [1.54, 1.807) is 6.07 Å². The van der Waals surface area contributed by atoms with Crippen molar-refractivity contribution in [1.29, 1.82) is 5.26 Å². The minimum atomic E-state index is -0.380. The van der Waals surface area contributed by atoms with E-state index in [1.165, 1.54) is 0 Å². The maximum atomic E-state index is 12.3. The first kappa shape index (κ1) is 17.5. The normalized spacial score (nSPS) is 16.5. The lowest BCUT2D eigenvalue weighted by Crippen LogP contribution is -2.39. The van der Waals surface area contributed by atoms with Crippen LogP contribution in [0.25, 0.3) is 0 Å². The summed E-state index contributed by atoms with van der Waals surface area (Å²) < 4.78 is 0. The first-order valence-corrected chi connectivity index (χ1v) is 8.78. The van der Waals surface area contributed by atoms with Crippen LogP contribution in [0.15, 0.2) is 29.1 Å². The third kappa shape index (κ3) is 4.02. The zero-order chi connectivity index (χ0) is 18.0. The van der Waals surface area contributed by atoms with Gasteiger partial charge in [0, 0.05) is 24.5 Å². The Hall–Kier alpha value is -2.32. The maximum absolute atomic E-state index is 12.3. The predicted octanol–water partition coefficient (Wildman–Crippen LogP) is 3.51. The summed E-state index contributed by atoms with van der Waals surface area (Å²) in [5.41, 5.74) is 0.962. The minimum absolute atomic E-state index is 0.0922. The third-order valence-electron chi connectivity index (χ3n) is 4.74. The van der Waals surface area contributed by atoms with E-state index >= 15 is 0 Å². The second kappa shape index (κ2) is 6.89. The molecule has 0 aliphatic carbocycles. The van der Waals surface area contributed by atoms with Gasteiger partial charge in [-0.1, -0.05) is 37.6 Å². The van der Waals surface area contributed by atoms with E-state index in [-0.39, 0.29) is 16.5 Å². The number of nitriles is 1. The molecule has 1 aromatic heterocycles. The Morgan fingerprint density at radius 3 is 2.72 bits per heavy atom. The predicted molar refractivity (Wildman–Crippen MR) is 99.1 cm³/mol. The van der Waals surface area contributed by atoms with Crippen LogP contribution < -0.4 is 10.5 Å². The summed E-state index contributed by atoms with van der Waals surface area (Å²) in [6.45, 7) is 6.08. The molecule has 0 atom stereocenters. The summed E-state index contributed by atoms with van der Waals surface area (Å²) in [6.07, 6.45) is 2.49. The van der Waals surface area contributed by atoms with Gasteiger partial charge >= 0.3 is 0 Å². The SMILES string of the molecule is CC1(C)CCN(c2nc(Cc3cccc(Cl)c3)[nH]c(=O)c2C#N)CC1. The summed E-state index contributed by atoms with van der Waals surface area (Å²) in [4.78, 5) is 21.7. The van der Waals surface area contributed by atoms with Crippen molar-refractivity contribution in [2.24, 2.45) is 5.41 Å². The highest BCUT2D eigenvalue weighted by molar-refractivity contribution is 6.30. The van der Waals surface area contributed by atoms with Crippen molar-refractivity contribution >= 4 is 17.4 Å². The number of aromatic amines is 1. The molecule has 0 saturated carbocycles. The molecule has 3 rings (SSSR count). The topological polar surface area (TPSA) is 72.8 Å². The fourth-order valence-electron chi connectivity index (χ4n) is 3.08. The summed E-state index contributed by atoms with van der Waals surface area (Å²) >= 11 is 6.03. The van der Waals surface area contributed by atoms with E-state index < -0.39 is 0 Å². The number of H-pyrrole nitrogens is 1. The molecule has 0 bridgehead atoms.